The Bertz CT molecular complexity index is 946. The van der Waals surface area contributed by atoms with E-state index < -0.39 is 11.7 Å². The van der Waals surface area contributed by atoms with Crippen LogP contribution in [0.25, 0.3) is 17.3 Å². The van der Waals surface area contributed by atoms with Crippen molar-refractivity contribution >= 4 is 17.9 Å². The second-order valence-corrected chi connectivity index (χ2v) is 7.22. The number of hydrogen-bond acceptors (Lipinski definition) is 5. The Morgan fingerprint density at radius 2 is 2.17 bits per heavy atom. The second kappa shape index (κ2) is 7.51. The first-order valence-corrected chi connectivity index (χ1v) is 9.40. The molecule has 2 aromatic heterocycles. The number of anilines is 1. The lowest BCUT2D eigenvalue weighted by Crippen LogP contribution is -2.38. The van der Waals surface area contributed by atoms with Gasteiger partial charge in [-0.05, 0) is 19.4 Å². The van der Waals surface area contributed by atoms with Crippen molar-refractivity contribution in [3.05, 3.63) is 35.3 Å². The van der Waals surface area contributed by atoms with Crippen molar-refractivity contribution in [1.82, 2.24) is 25.2 Å². The Balaban J connectivity index is 1.78. The SMILES string of the molecule is CN1CC=Cc2c(-c3nc(N[C@H]4CCCNC4)ncc3C(F)(F)F)c[nH]c2C1=O. The van der Waals surface area contributed by atoms with Gasteiger partial charge >= 0.3 is 6.18 Å². The molecule has 0 aromatic carbocycles. The minimum absolute atomic E-state index is 0.0480. The van der Waals surface area contributed by atoms with Crippen LogP contribution >= 0.6 is 0 Å². The topological polar surface area (TPSA) is 85.9 Å². The van der Waals surface area contributed by atoms with Gasteiger partial charge in [0.25, 0.3) is 5.91 Å². The summed E-state index contributed by atoms with van der Waals surface area (Å²) in [4.78, 5) is 24.9. The van der Waals surface area contributed by atoms with E-state index in [2.05, 4.69) is 25.6 Å². The van der Waals surface area contributed by atoms with Crippen LogP contribution in [0.2, 0.25) is 0 Å². The van der Waals surface area contributed by atoms with Gasteiger partial charge in [-0.3, -0.25) is 4.79 Å². The summed E-state index contributed by atoms with van der Waals surface area (Å²) in [5, 5.41) is 6.35. The quantitative estimate of drug-likeness (QED) is 0.730. The van der Waals surface area contributed by atoms with Crippen LogP contribution in [0.1, 0.15) is 34.5 Å². The molecule has 0 bridgehead atoms. The van der Waals surface area contributed by atoms with Gasteiger partial charge < -0.3 is 20.5 Å². The molecule has 2 aliphatic rings. The number of aromatic nitrogens is 3. The van der Waals surface area contributed by atoms with Crippen molar-refractivity contribution < 1.29 is 18.0 Å². The van der Waals surface area contributed by atoms with Crippen molar-refractivity contribution in [2.45, 2.75) is 25.1 Å². The van der Waals surface area contributed by atoms with Gasteiger partial charge in [0.1, 0.15) is 11.3 Å². The summed E-state index contributed by atoms with van der Waals surface area (Å²) in [7, 11) is 1.63. The van der Waals surface area contributed by atoms with Crippen LogP contribution < -0.4 is 10.6 Å². The molecule has 4 rings (SSSR count). The molecular weight excluding hydrogens is 385 g/mol. The lowest BCUT2D eigenvalue weighted by Gasteiger charge is -2.24. The van der Waals surface area contributed by atoms with Crippen molar-refractivity contribution in [2.24, 2.45) is 0 Å². The molecule has 0 spiro atoms. The smallest absolute Gasteiger partial charge is 0.356 e. The third kappa shape index (κ3) is 3.84. The van der Waals surface area contributed by atoms with Gasteiger partial charge in [0.05, 0.1) is 5.69 Å². The maximum atomic E-state index is 13.7. The summed E-state index contributed by atoms with van der Waals surface area (Å²) in [5.74, 6) is -0.150. The zero-order valence-electron chi connectivity index (χ0n) is 15.8. The van der Waals surface area contributed by atoms with E-state index in [0.717, 1.165) is 25.6 Å². The van der Waals surface area contributed by atoms with E-state index in [1.807, 2.05) is 0 Å². The Kier molecular flexibility index (Phi) is 5.03. The zero-order chi connectivity index (χ0) is 20.6. The fourth-order valence-corrected chi connectivity index (χ4v) is 3.60. The van der Waals surface area contributed by atoms with Crippen LogP contribution in [-0.4, -0.2) is 58.5 Å². The number of aromatic amines is 1. The number of fused-ring (bicyclic) bond motifs is 1. The minimum atomic E-state index is -4.63. The number of rotatable bonds is 3. The fraction of sp³-hybridized carbons (Fsp3) is 0.421. The molecule has 29 heavy (non-hydrogen) atoms. The van der Waals surface area contributed by atoms with Crippen LogP contribution in [0.15, 0.2) is 18.5 Å². The van der Waals surface area contributed by atoms with Gasteiger partial charge in [0.2, 0.25) is 5.95 Å². The number of hydrogen-bond donors (Lipinski definition) is 3. The van der Waals surface area contributed by atoms with E-state index in [-0.39, 0.29) is 34.8 Å². The molecule has 10 heteroatoms. The Morgan fingerprint density at radius 3 is 2.90 bits per heavy atom. The highest BCUT2D eigenvalue weighted by Crippen LogP contribution is 2.38. The summed E-state index contributed by atoms with van der Waals surface area (Å²) in [6.07, 6.45) is 2.82. The minimum Gasteiger partial charge on any atom is -0.356 e. The normalized spacial score (nSPS) is 19.8. The van der Waals surface area contributed by atoms with E-state index in [9.17, 15) is 18.0 Å². The highest BCUT2D eigenvalue weighted by atomic mass is 19.4. The largest absolute Gasteiger partial charge is 0.419 e. The van der Waals surface area contributed by atoms with Crippen LogP contribution in [-0.2, 0) is 6.18 Å². The molecule has 4 heterocycles. The first kappa shape index (κ1) is 19.4. The number of likely N-dealkylation sites (N-methyl/N-ethyl adjacent to an activating group) is 1. The summed E-state index contributed by atoms with van der Waals surface area (Å²) >= 11 is 0. The lowest BCUT2D eigenvalue weighted by atomic mass is 10.0. The maximum Gasteiger partial charge on any atom is 0.419 e. The van der Waals surface area contributed by atoms with Crippen LogP contribution in [0.3, 0.4) is 0 Å². The molecule has 154 valence electrons. The number of piperidine rings is 1. The van der Waals surface area contributed by atoms with E-state index in [1.165, 1.54) is 11.1 Å². The van der Waals surface area contributed by atoms with Gasteiger partial charge in [0.15, 0.2) is 0 Å². The average molecular weight is 406 g/mol. The molecule has 1 amide bonds. The third-order valence-corrected chi connectivity index (χ3v) is 5.12. The van der Waals surface area contributed by atoms with E-state index in [0.29, 0.717) is 18.7 Å². The molecule has 0 radical (unpaired) electrons. The van der Waals surface area contributed by atoms with Crippen LogP contribution in [0, 0.1) is 0 Å². The average Bonchev–Trinajstić information content (AvgIpc) is 3.05. The van der Waals surface area contributed by atoms with Gasteiger partial charge in [-0.1, -0.05) is 12.2 Å². The van der Waals surface area contributed by atoms with E-state index in [4.69, 9.17) is 0 Å². The molecule has 0 unspecified atom stereocenters. The molecule has 7 nitrogen and oxygen atoms in total. The number of H-pyrrole nitrogens is 1. The fourth-order valence-electron chi connectivity index (χ4n) is 3.60. The van der Waals surface area contributed by atoms with Crippen LogP contribution in [0.5, 0.6) is 0 Å². The lowest BCUT2D eigenvalue weighted by molar-refractivity contribution is -0.137. The summed E-state index contributed by atoms with van der Waals surface area (Å²) < 4.78 is 41.0. The molecule has 1 saturated heterocycles. The van der Waals surface area contributed by atoms with Crippen molar-refractivity contribution in [1.29, 1.82) is 0 Å². The molecule has 3 N–H and O–H groups in total. The van der Waals surface area contributed by atoms with Crippen molar-refractivity contribution in [2.75, 3.05) is 32.0 Å². The number of carbonyl (C=O) groups excluding carboxylic acids is 1. The molecular formula is C19H21F3N6O. The maximum absolute atomic E-state index is 13.7. The number of nitrogens with one attached hydrogen (secondary N) is 3. The van der Waals surface area contributed by atoms with Crippen molar-refractivity contribution in [3.63, 3.8) is 0 Å². The molecule has 2 aromatic rings. The Morgan fingerprint density at radius 1 is 1.34 bits per heavy atom. The Labute approximate surface area is 165 Å². The molecule has 1 atom stereocenters. The molecule has 2 aliphatic heterocycles. The molecule has 0 saturated carbocycles. The summed E-state index contributed by atoms with van der Waals surface area (Å²) in [5.41, 5.74) is -0.328. The van der Waals surface area contributed by atoms with E-state index >= 15 is 0 Å². The Hall–Kier alpha value is -2.88. The first-order valence-electron chi connectivity index (χ1n) is 9.40. The summed E-state index contributed by atoms with van der Waals surface area (Å²) in [6.45, 7) is 1.99. The molecule has 0 aliphatic carbocycles. The monoisotopic (exact) mass is 406 g/mol. The van der Waals surface area contributed by atoms with Crippen molar-refractivity contribution in [3.8, 4) is 11.3 Å². The van der Waals surface area contributed by atoms with E-state index in [1.54, 1.807) is 19.2 Å². The van der Waals surface area contributed by atoms with Crippen LogP contribution in [0.4, 0.5) is 19.1 Å². The zero-order valence-corrected chi connectivity index (χ0v) is 15.8. The third-order valence-electron chi connectivity index (χ3n) is 5.12. The number of halogens is 3. The standard InChI is InChI=1S/C19H21F3N6O/c1-28-7-3-5-12-13(9-24-16(12)17(28)29)15-14(19(20,21)22)10-25-18(27-15)26-11-4-2-6-23-8-11/h3,5,9-11,23-24H,2,4,6-8H2,1H3,(H,25,26,27)/t11-/m0/s1. The van der Waals surface area contributed by atoms with Gasteiger partial charge in [-0.2, -0.15) is 13.2 Å². The van der Waals surface area contributed by atoms with Gasteiger partial charge in [-0.15, -0.1) is 0 Å². The van der Waals surface area contributed by atoms with Gasteiger partial charge in [0, 0.05) is 49.7 Å². The second-order valence-electron chi connectivity index (χ2n) is 7.22. The predicted octanol–water partition coefficient (Wildman–Crippen LogP) is 2.75. The van der Waals surface area contributed by atoms with Gasteiger partial charge in [-0.25, -0.2) is 9.97 Å². The summed E-state index contributed by atoms with van der Waals surface area (Å²) in [6, 6.07) is 0.0480. The number of carbonyl (C=O) groups is 1. The number of alkyl halides is 3. The highest BCUT2D eigenvalue weighted by Gasteiger charge is 2.37. The number of nitrogens with zero attached hydrogens (tertiary/aromatic N) is 3. The highest BCUT2D eigenvalue weighted by molar-refractivity contribution is 6.00. The predicted molar refractivity (Wildman–Crippen MR) is 102 cm³/mol. The first-order chi connectivity index (χ1) is 13.8. The number of amides is 1. The molecule has 1 fully saturated rings.